The lowest BCUT2D eigenvalue weighted by Gasteiger charge is -2.12. The van der Waals surface area contributed by atoms with E-state index < -0.39 is 6.10 Å². The van der Waals surface area contributed by atoms with Crippen LogP contribution in [-0.2, 0) is 0 Å². The van der Waals surface area contributed by atoms with Crippen molar-refractivity contribution in [2.75, 3.05) is 11.1 Å². The number of hydrogen-bond acceptors (Lipinski definition) is 6. The number of nitrogens with zero attached hydrogens (tertiary/aromatic N) is 4. The van der Waals surface area contributed by atoms with Gasteiger partial charge in [0.15, 0.2) is 17.0 Å². The van der Waals surface area contributed by atoms with Crippen molar-refractivity contribution in [1.29, 1.82) is 0 Å². The van der Waals surface area contributed by atoms with Crippen molar-refractivity contribution >= 4 is 22.9 Å². The molecule has 0 amide bonds. The molecule has 1 fully saturated rings. The molecular weight excluding hydrogens is 256 g/mol. The number of allylic oxidation sites excluding steroid dienone is 1. The van der Waals surface area contributed by atoms with Crippen LogP contribution in [0, 0.1) is 0 Å². The van der Waals surface area contributed by atoms with E-state index in [2.05, 4.69) is 20.3 Å². The second kappa shape index (κ2) is 4.17. The van der Waals surface area contributed by atoms with Crippen molar-refractivity contribution in [3.63, 3.8) is 0 Å². The van der Waals surface area contributed by atoms with Gasteiger partial charge in [0.2, 0.25) is 5.95 Å². The zero-order valence-corrected chi connectivity index (χ0v) is 10.9. The predicted molar refractivity (Wildman–Crippen MR) is 75.2 cm³/mol. The summed E-state index contributed by atoms with van der Waals surface area (Å²) in [6.45, 7) is 0. The zero-order chi connectivity index (χ0) is 13.7. The highest BCUT2D eigenvalue weighted by molar-refractivity contribution is 5.84. The summed E-state index contributed by atoms with van der Waals surface area (Å²) in [5.74, 6) is 0.946. The molecule has 2 aliphatic rings. The van der Waals surface area contributed by atoms with E-state index in [1.807, 2.05) is 10.6 Å². The lowest BCUT2D eigenvalue weighted by Crippen LogP contribution is -2.10. The van der Waals surface area contributed by atoms with Gasteiger partial charge in [-0.05, 0) is 12.8 Å². The molecule has 0 bridgehead atoms. The number of rotatable bonds is 3. The molecule has 104 valence electrons. The minimum atomic E-state index is -0.402. The van der Waals surface area contributed by atoms with Gasteiger partial charge in [-0.15, -0.1) is 0 Å². The average molecular weight is 272 g/mol. The molecule has 0 aliphatic heterocycles. The van der Waals surface area contributed by atoms with Crippen LogP contribution in [-0.4, -0.2) is 36.8 Å². The first kappa shape index (κ1) is 11.7. The van der Waals surface area contributed by atoms with Crippen LogP contribution in [0.3, 0.4) is 0 Å². The average Bonchev–Trinajstić information content (AvgIpc) is 2.95. The molecule has 7 nitrogen and oxygen atoms in total. The molecule has 0 unspecified atom stereocenters. The van der Waals surface area contributed by atoms with Gasteiger partial charge in [-0.2, -0.15) is 9.97 Å². The molecule has 0 radical (unpaired) electrons. The quantitative estimate of drug-likeness (QED) is 0.716. The summed E-state index contributed by atoms with van der Waals surface area (Å²) in [5.41, 5.74) is 7.25. The van der Waals surface area contributed by atoms with Crippen molar-refractivity contribution in [3.05, 3.63) is 18.5 Å². The molecule has 1 saturated carbocycles. The summed E-state index contributed by atoms with van der Waals surface area (Å²) >= 11 is 0. The third-order valence-electron chi connectivity index (χ3n) is 3.75. The first-order chi connectivity index (χ1) is 9.70. The summed E-state index contributed by atoms with van der Waals surface area (Å²) in [6.07, 6.45) is 8.06. The molecule has 20 heavy (non-hydrogen) atoms. The van der Waals surface area contributed by atoms with Crippen LogP contribution in [0.5, 0.6) is 0 Å². The molecule has 0 aromatic carbocycles. The fourth-order valence-corrected chi connectivity index (χ4v) is 2.57. The van der Waals surface area contributed by atoms with Crippen LogP contribution in [0.15, 0.2) is 18.5 Å². The fraction of sp³-hybridized carbons (Fsp3) is 0.462. The highest BCUT2D eigenvalue weighted by Gasteiger charge is 2.25. The third kappa shape index (κ3) is 1.90. The Morgan fingerprint density at radius 1 is 1.30 bits per heavy atom. The van der Waals surface area contributed by atoms with E-state index >= 15 is 0 Å². The highest BCUT2D eigenvalue weighted by atomic mass is 16.3. The predicted octanol–water partition coefficient (Wildman–Crippen LogP) is 0.845. The van der Waals surface area contributed by atoms with Gasteiger partial charge in [-0.25, -0.2) is 4.98 Å². The van der Waals surface area contributed by atoms with Gasteiger partial charge in [-0.1, -0.05) is 12.2 Å². The van der Waals surface area contributed by atoms with E-state index in [-0.39, 0.29) is 12.0 Å². The first-order valence-electron chi connectivity index (χ1n) is 6.83. The SMILES string of the molecule is Nc1nc(NC2CC2)c2ncn([C@H]3C=C[C@@H](O)C3)c2n1. The smallest absolute Gasteiger partial charge is 0.224 e. The van der Waals surface area contributed by atoms with Crippen LogP contribution in [0.4, 0.5) is 11.8 Å². The van der Waals surface area contributed by atoms with Crippen molar-refractivity contribution < 1.29 is 5.11 Å². The van der Waals surface area contributed by atoms with Crippen LogP contribution >= 0.6 is 0 Å². The second-order valence-corrected chi connectivity index (χ2v) is 5.43. The number of aliphatic hydroxyl groups is 1. The Labute approximate surface area is 115 Å². The van der Waals surface area contributed by atoms with Gasteiger partial charge in [0.05, 0.1) is 18.5 Å². The van der Waals surface area contributed by atoms with Crippen LogP contribution in [0.2, 0.25) is 0 Å². The minimum Gasteiger partial charge on any atom is -0.389 e. The molecule has 2 aromatic heterocycles. The number of anilines is 2. The number of hydrogen-bond donors (Lipinski definition) is 3. The Morgan fingerprint density at radius 2 is 2.15 bits per heavy atom. The molecule has 2 aliphatic carbocycles. The number of aliphatic hydroxyl groups excluding tert-OH is 1. The highest BCUT2D eigenvalue weighted by Crippen LogP contribution is 2.31. The monoisotopic (exact) mass is 272 g/mol. The molecule has 2 aromatic rings. The zero-order valence-electron chi connectivity index (χ0n) is 10.9. The summed E-state index contributed by atoms with van der Waals surface area (Å²) in [6, 6.07) is 0.545. The van der Waals surface area contributed by atoms with E-state index in [0.717, 1.165) is 18.4 Å². The Bertz CT molecular complexity index is 689. The van der Waals surface area contributed by atoms with Gasteiger partial charge >= 0.3 is 0 Å². The molecular formula is C13H16N6O. The lowest BCUT2D eigenvalue weighted by atomic mass is 10.2. The van der Waals surface area contributed by atoms with E-state index in [4.69, 9.17) is 5.73 Å². The van der Waals surface area contributed by atoms with Crippen molar-refractivity contribution in [2.45, 2.75) is 37.5 Å². The molecule has 4 rings (SSSR count). The maximum absolute atomic E-state index is 9.62. The normalized spacial score (nSPS) is 25.4. The number of imidazole rings is 1. The van der Waals surface area contributed by atoms with E-state index in [9.17, 15) is 5.11 Å². The van der Waals surface area contributed by atoms with E-state index in [1.165, 1.54) is 0 Å². The molecule has 0 saturated heterocycles. The summed E-state index contributed by atoms with van der Waals surface area (Å²) in [5, 5.41) is 13.0. The van der Waals surface area contributed by atoms with Gasteiger partial charge in [-0.3, -0.25) is 0 Å². The maximum Gasteiger partial charge on any atom is 0.224 e. The largest absolute Gasteiger partial charge is 0.389 e. The molecule has 7 heteroatoms. The number of nitrogens with one attached hydrogen (secondary N) is 1. The lowest BCUT2D eigenvalue weighted by molar-refractivity contribution is 0.211. The van der Waals surface area contributed by atoms with Crippen LogP contribution in [0.25, 0.3) is 11.2 Å². The Morgan fingerprint density at radius 3 is 2.85 bits per heavy atom. The van der Waals surface area contributed by atoms with E-state index in [1.54, 1.807) is 12.4 Å². The molecule has 0 spiro atoms. The van der Waals surface area contributed by atoms with Gasteiger partial charge in [0.1, 0.15) is 0 Å². The number of nitrogens with two attached hydrogens (primary N) is 1. The van der Waals surface area contributed by atoms with Crippen molar-refractivity contribution in [2.24, 2.45) is 0 Å². The minimum absolute atomic E-state index is 0.0677. The Kier molecular flexibility index (Phi) is 2.43. The molecule has 2 atom stereocenters. The third-order valence-corrected chi connectivity index (χ3v) is 3.75. The Balaban J connectivity index is 1.79. The van der Waals surface area contributed by atoms with E-state index in [0.29, 0.717) is 23.9 Å². The number of aromatic nitrogens is 4. The fourth-order valence-electron chi connectivity index (χ4n) is 2.57. The number of fused-ring (bicyclic) bond motifs is 1. The maximum atomic E-state index is 9.62. The topological polar surface area (TPSA) is 102 Å². The van der Waals surface area contributed by atoms with Crippen LogP contribution < -0.4 is 11.1 Å². The molecule has 2 heterocycles. The first-order valence-corrected chi connectivity index (χ1v) is 6.83. The van der Waals surface area contributed by atoms with Crippen LogP contribution in [0.1, 0.15) is 25.3 Å². The standard InChI is InChI=1S/C13H16N6O/c14-13-17-11(16-7-1-2-7)10-12(18-13)19(6-15-10)8-3-4-9(20)5-8/h3-4,6-9,20H,1-2,5H2,(H3,14,16,17,18)/t8-,9+/m0/s1. The van der Waals surface area contributed by atoms with Crippen molar-refractivity contribution in [1.82, 2.24) is 19.5 Å². The summed E-state index contributed by atoms with van der Waals surface area (Å²) in [4.78, 5) is 13.0. The summed E-state index contributed by atoms with van der Waals surface area (Å²) < 4.78 is 1.94. The van der Waals surface area contributed by atoms with Gasteiger partial charge in [0, 0.05) is 12.5 Å². The van der Waals surface area contributed by atoms with Gasteiger partial charge < -0.3 is 20.7 Å². The summed E-state index contributed by atoms with van der Waals surface area (Å²) in [7, 11) is 0. The number of nitrogen functional groups attached to an aromatic ring is 1. The van der Waals surface area contributed by atoms with Crippen molar-refractivity contribution in [3.8, 4) is 0 Å². The van der Waals surface area contributed by atoms with Gasteiger partial charge in [0.25, 0.3) is 0 Å². The Hall–Kier alpha value is -2.15. The molecule has 4 N–H and O–H groups in total. The second-order valence-electron chi connectivity index (χ2n) is 5.43.